The minimum atomic E-state index is 1.38. The van der Waals surface area contributed by atoms with E-state index in [4.69, 9.17) is 0 Å². The maximum Gasteiger partial charge on any atom is 0.180 e. The van der Waals surface area contributed by atoms with Crippen LogP contribution in [0, 0.1) is 0 Å². The van der Waals surface area contributed by atoms with Crippen LogP contribution < -0.4 is 0 Å². The molecule has 0 bridgehead atoms. The molecule has 0 aliphatic carbocycles. The number of oxazole rings is 2. The lowest BCUT2D eigenvalue weighted by molar-refractivity contribution is 0.557. The lowest BCUT2D eigenvalue weighted by Crippen LogP contribution is -1.38. The number of rotatable bonds is 0. The molecule has 0 aliphatic rings. The summed E-state index contributed by atoms with van der Waals surface area (Å²) in [6, 6.07) is 0. The Bertz CT molecular complexity index is 153. The maximum absolute atomic E-state index is 4.47. The summed E-state index contributed by atoms with van der Waals surface area (Å²) >= 11 is 0. The second kappa shape index (κ2) is 4.31. The Kier molecular flexibility index (Phi) is 2.82. The molecule has 0 amide bonds. The van der Waals surface area contributed by atoms with Crippen molar-refractivity contribution in [2.45, 2.75) is 0 Å². The Balaban J connectivity index is 0.0000001000. The van der Waals surface area contributed by atoms with Crippen molar-refractivity contribution in [2.75, 3.05) is 0 Å². The van der Waals surface area contributed by atoms with E-state index in [0.29, 0.717) is 0 Å². The number of hydrogen-bond donors (Lipinski definition) is 0. The molecule has 4 nitrogen and oxygen atoms in total. The minimum absolute atomic E-state index is 1.38. The average molecular weight is 138 g/mol. The van der Waals surface area contributed by atoms with Gasteiger partial charge in [0.05, 0.1) is 12.4 Å². The fourth-order valence-electron chi connectivity index (χ4n) is 0.351. The van der Waals surface area contributed by atoms with Gasteiger partial charge in [-0.05, 0) is 0 Å². The van der Waals surface area contributed by atoms with E-state index in [1.54, 1.807) is 12.4 Å². The molecule has 2 rings (SSSR count). The van der Waals surface area contributed by atoms with Gasteiger partial charge in [-0.25, -0.2) is 9.97 Å². The van der Waals surface area contributed by atoms with Gasteiger partial charge in [0.1, 0.15) is 12.5 Å². The molecule has 0 aromatic carbocycles. The number of nitrogens with zero attached hydrogens (tertiary/aromatic N) is 2. The van der Waals surface area contributed by atoms with Crippen LogP contribution in [0.25, 0.3) is 0 Å². The molecule has 0 aliphatic heterocycles. The van der Waals surface area contributed by atoms with Crippen molar-refractivity contribution in [3.63, 3.8) is 0 Å². The normalized spacial score (nSPS) is 8.00. The Morgan fingerprint density at radius 1 is 0.800 bits per heavy atom. The molecule has 0 spiro atoms. The van der Waals surface area contributed by atoms with Gasteiger partial charge in [-0.1, -0.05) is 0 Å². The van der Waals surface area contributed by atoms with Crippen LogP contribution in [0.1, 0.15) is 0 Å². The topological polar surface area (TPSA) is 52.1 Å². The molecular formula is C6H6N2O2. The van der Waals surface area contributed by atoms with Crippen molar-refractivity contribution in [1.82, 2.24) is 9.97 Å². The van der Waals surface area contributed by atoms with Crippen LogP contribution in [0.5, 0.6) is 0 Å². The van der Waals surface area contributed by atoms with Gasteiger partial charge >= 0.3 is 0 Å². The third-order valence-corrected chi connectivity index (χ3v) is 0.694. The fraction of sp³-hybridized carbons (Fsp3) is 0. The van der Waals surface area contributed by atoms with Gasteiger partial charge in [0, 0.05) is 0 Å². The smallest absolute Gasteiger partial charge is 0.180 e. The van der Waals surface area contributed by atoms with Gasteiger partial charge < -0.3 is 8.83 Å². The monoisotopic (exact) mass is 138 g/mol. The molecule has 0 saturated carbocycles. The molecule has 0 fully saturated rings. The Morgan fingerprint density at radius 2 is 1.30 bits per heavy atom. The van der Waals surface area contributed by atoms with E-state index in [1.165, 1.54) is 25.3 Å². The molecule has 0 atom stereocenters. The van der Waals surface area contributed by atoms with Crippen molar-refractivity contribution < 1.29 is 8.83 Å². The molecule has 2 aromatic rings. The Hall–Kier alpha value is -1.58. The fourth-order valence-corrected chi connectivity index (χ4v) is 0.351. The van der Waals surface area contributed by atoms with Crippen LogP contribution in [0.2, 0.25) is 0 Å². The second-order valence-corrected chi connectivity index (χ2v) is 1.35. The SMILES string of the molecule is c1cocn1.c1cocn1. The van der Waals surface area contributed by atoms with Gasteiger partial charge in [0.2, 0.25) is 0 Å². The summed E-state index contributed by atoms with van der Waals surface area (Å²) in [5, 5.41) is 0. The van der Waals surface area contributed by atoms with E-state index in [2.05, 4.69) is 18.8 Å². The summed E-state index contributed by atoms with van der Waals surface area (Å²) in [5.74, 6) is 0. The lowest BCUT2D eigenvalue weighted by Gasteiger charge is -1.47. The van der Waals surface area contributed by atoms with Crippen LogP contribution in [0.3, 0.4) is 0 Å². The zero-order valence-electron chi connectivity index (χ0n) is 5.18. The average Bonchev–Trinajstić information content (AvgIpc) is 2.67. The van der Waals surface area contributed by atoms with Crippen molar-refractivity contribution >= 4 is 0 Å². The van der Waals surface area contributed by atoms with Crippen LogP contribution in [0.15, 0.2) is 46.5 Å². The summed E-state index contributed by atoms with van der Waals surface area (Å²) in [4.78, 5) is 7.11. The second-order valence-electron chi connectivity index (χ2n) is 1.35. The molecule has 2 heterocycles. The van der Waals surface area contributed by atoms with Gasteiger partial charge in [0.15, 0.2) is 12.8 Å². The van der Waals surface area contributed by atoms with E-state index in [9.17, 15) is 0 Å². The first kappa shape index (κ1) is 6.54. The predicted octanol–water partition coefficient (Wildman–Crippen LogP) is 1.35. The van der Waals surface area contributed by atoms with Crippen LogP contribution in [-0.4, -0.2) is 9.97 Å². The minimum Gasteiger partial charge on any atom is -0.452 e. The molecule has 0 radical (unpaired) electrons. The number of aromatic nitrogens is 2. The predicted molar refractivity (Wildman–Crippen MR) is 33.0 cm³/mol. The Labute approximate surface area is 57.5 Å². The highest BCUT2D eigenvalue weighted by atomic mass is 16.3. The highest BCUT2D eigenvalue weighted by molar-refractivity contribution is 4.57. The molecular weight excluding hydrogens is 132 g/mol. The summed E-state index contributed by atoms with van der Waals surface area (Å²) in [6.07, 6.45) is 8.94. The first-order valence-electron chi connectivity index (χ1n) is 2.64. The molecule has 0 N–H and O–H groups in total. The number of hydrogen-bond acceptors (Lipinski definition) is 4. The first-order valence-corrected chi connectivity index (χ1v) is 2.64. The molecule has 4 heteroatoms. The summed E-state index contributed by atoms with van der Waals surface area (Å²) in [6.45, 7) is 0. The van der Waals surface area contributed by atoms with E-state index in [-0.39, 0.29) is 0 Å². The van der Waals surface area contributed by atoms with E-state index < -0.39 is 0 Å². The largest absolute Gasteiger partial charge is 0.452 e. The van der Waals surface area contributed by atoms with Gasteiger partial charge in [-0.2, -0.15) is 0 Å². The molecule has 10 heavy (non-hydrogen) atoms. The standard InChI is InChI=1S/2C3H3NO/c2*1-2-5-3-4-1/h2*1-3H. The molecule has 0 unspecified atom stereocenters. The van der Waals surface area contributed by atoms with Crippen molar-refractivity contribution in [3.8, 4) is 0 Å². The van der Waals surface area contributed by atoms with Crippen LogP contribution in [-0.2, 0) is 0 Å². The third kappa shape index (κ3) is 2.66. The lowest BCUT2D eigenvalue weighted by atomic mass is 11.0. The highest BCUT2D eigenvalue weighted by Gasteiger charge is 1.60. The summed E-state index contributed by atoms with van der Waals surface area (Å²) in [7, 11) is 0. The van der Waals surface area contributed by atoms with Crippen molar-refractivity contribution in [2.24, 2.45) is 0 Å². The van der Waals surface area contributed by atoms with Gasteiger partial charge in [-0.3, -0.25) is 0 Å². The first-order chi connectivity index (χ1) is 5.00. The zero-order valence-corrected chi connectivity index (χ0v) is 5.18. The van der Waals surface area contributed by atoms with Gasteiger partial charge in [-0.15, -0.1) is 0 Å². The Morgan fingerprint density at radius 3 is 1.40 bits per heavy atom. The molecule has 52 valence electrons. The van der Waals surface area contributed by atoms with Gasteiger partial charge in [0.25, 0.3) is 0 Å². The zero-order chi connectivity index (χ0) is 7.07. The van der Waals surface area contributed by atoms with E-state index in [1.807, 2.05) is 0 Å². The van der Waals surface area contributed by atoms with Crippen molar-refractivity contribution in [1.29, 1.82) is 0 Å². The maximum atomic E-state index is 4.47. The summed E-state index contributed by atoms with van der Waals surface area (Å²) in [5.41, 5.74) is 0. The van der Waals surface area contributed by atoms with E-state index >= 15 is 0 Å². The third-order valence-electron chi connectivity index (χ3n) is 0.694. The molecule has 2 aromatic heterocycles. The molecule has 0 saturated heterocycles. The quantitative estimate of drug-likeness (QED) is 0.551. The highest BCUT2D eigenvalue weighted by Crippen LogP contribution is 1.72. The van der Waals surface area contributed by atoms with Crippen LogP contribution in [0.4, 0.5) is 0 Å². The summed E-state index contributed by atoms with van der Waals surface area (Å²) < 4.78 is 8.94. The van der Waals surface area contributed by atoms with E-state index in [0.717, 1.165) is 0 Å². The van der Waals surface area contributed by atoms with Crippen molar-refractivity contribution in [3.05, 3.63) is 37.7 Å². The van der Waals surface area contributed by atoms with Crippen LogP contribution >= 0.6 is 0 Å².